The zero-order valence-electron chi connectivity index (χ0n) is 26.0. The number of aryl methyl sites for hydroxylation is 1. The van der Waals surface area contributed by atoms with Crippen molar-refractivity contribution in [2.45, 2.75) is 77.8 Å². The molecule has 4 rings (SSSR count). The number of benzene rings is 2. The first kappa shape index (κ1) is 35.3. The van der Waals surface area contributed by atoms with E-state index in [-0.39, 0.29) is 19.2 Å². The van der Waals surface area contributed by atoms with Crippen molar-refractivity contribution in [2.75, 3.05) is 25.5 Å². The van der Waals surface area contributed by atoms with Crippen molar-refractivity contribution in [3.8, 4) is 5.75 Å². The van der Waals surface area contributed by atoms with Crippen LogP contribution in [0.15, 0.2) is 67.1 Å². The van der Waals surface area contributed by atoms with Gasteiger partial charge in [0.05, 0.1) is 19.0 Å². The maximum Gasteiger partial charge on any atom is 0.374 e. The molecule has 0 aliphatic carbocycles. The number of carbonyl (C=O) groups excluding carboxylic acids is 3. The molecule has 2 heterocycles. The Morgan fingerprint density at radius 2 is 1.73 bits per heavy atom. The highest BCUT2D eigenvalue weighted by Gasteiger charge is 2.33. The van der Waals surface area contributed by atoms with Crippen molar-refractivity contribution in [1.29, 1.82) is 0 Å². The lowest BCUT2D eigenvalue weighted by Gasteiger charge is -2.28. The topological polar surface area (TPSA) is 138 Å². The number of methoxy groups -OCH3 is 1. The highest BCUT2D eigenvalue weighted by Crippen LogP contribution is 2.26. The molecule has 4 N–H and O–H groups in total. The van der Waals surface area contributed by atoms with Gasteiger partial charge in [-0.05, 0) is 76.0 Å². The number of anilines is 1. The van der Waals surface area contributed by atoms with Crippen LogP contribution in [0.25, 0.3) is 0 Å². The van der Waals surface area contributed by atoms with Crippen LogP contribution in [0.4, 0.5) is 5.82 Å². The summed E-state index contributed by atoms with van der Waals surface area (Å²) >= 11 is 0. The van der Waals surface area contributed by atoms with Crippen LogP contribution in [0.2, 0.25) is 6.82 Å². The molecule has 12 heteroatoms. The molecule has 45 heavy (non-hydrogen) atoms. The lowest BCUT2D eigenvalue weighted by molar-refractivity contribution is -0.132. The zero-order chi connectivity index (χ0) is 31.7. The molecule has 0 saturated carbocycles. The summed E-state index contributed by atoms with van der Waals surface area (Å²) in [4.78, 5) is 46.6. The molecule has 3 aromatic rings. The van der Waals surface area contributed by atoms with Crippen LogP contribution >= 0.6 is 0 Å². The van der Waals surface area contributed by atoms with E-state index < -0.39 is 36.5 Å². The number of rotatable bonds is 14. The van der Waals surface area contributed by atoms with Gasteiger partial charge in [-0.2, -0.15) is 0 Å². The Labute approximate surface area is 266 Å². The molecule has 1 aliphatic rings. The number of hydrogen-bond acceptors (Lipinski definition) is 7. The maximum absolute atomic E-state index is 13.7. The summed E-state index contributed by atoms with van der Waals surface area (Å²) < 4.78 is 7.00. The number of likely N-dealkylation sites (tertiary alicyclic amines) is 1. The number of carbonyl (C=O) groups is 3. The highest BCUT2D eigenvalue weighted by atomic mass is 16.5. The van der Waals surface area contributed by atoms with E-state index in [2.05, 4.69) is 20.8 Å². The summed E-state index contributed by atoms with van der Waals surface area (Å²) in [5, 5.41) is 18.3. The molecule has 1 saturated heterocycles. The SMILES string of the molecule is C.COc1ccc(C(C(=O)N2CCCC2)n2cnc(NC(=O)C(CCCc3ccccc3)NC(=O)C(C)(C)NB(C)O)c2)cc1. The van der Waals surface area contributed by atoms with E-state index in [4.69, 9.17) is 4.74 Å². The van der Waals surface area contributed by atoms with E-state index in [0.717, 1.165) is 30.4 Å². The van der Waals surface area contributed by atoms with E-state index in [1.165, 1.54) is 13.2 Å². The maximum atomic E-state index is 13.7. The summed E-state index contributed by atoms with van der Waals surface area (Å²) in [6.07, 6.45) is 6.90. The molecular weight excluding hydrogens is 571 g/mol. The van der Waals surface area contributed by atoms with E-state index in [0.29, 0.717) is 31.7 Å². The van der Waals surface area contributed by atoms with Gasteiger partial charge in [0.15, 0.2) is 5.82 Å². The van der Waals surface area contributed by atoms with Gasteiger partial charge in [-0.25, -0.2) is 4.98 Å². The number of amides is 3. The Kier molecular flexibility index (Phi) is 12.7. The molecule has 2 unspecified atom stereocenters. The van der Waals surface area contributed by atoms with Gasteiger partial charge in [0.25, 0.3) is 0 Å². The zero-order valence-corrected chi connectivity index (χ0v) is 26.0. The van der Waals surface area contributed by atoms with Crippen molar-refractivity contribution >= 4 is 30.6 Å². The third-order valence-electron chi connectivity index (χ3n) is 7.79. The Morgan fingerprint density at radius 3 is 2.36 bits per heavy atom. The van der Waals surface area contributed by atoms with Crippen LogP contribution in [0.1, 0.15) is 64.1 Å². The van der Waals surface area contributed by atoms with Gasteiger partial charge in [0, 0.05) is 19.3 Å². The van der Waals surface area contributed by atoms with Gasteiger partial charge in [-0.15, -0.1) is 0 Å². The predicted octanol–water partition coefficient (Wildman–Crippen LogP) is 3.66. The molecule has 2 atom stereocenters. The molecule has 0 bridgehead atoms. The van der Waals surface area contributed by atoms with E-state index in [1.54, 1.807) is 31.7 Å². The van der Waals surface area contributed by atoms with Crippen molar-refractivity contribution in [2.24, 2.45) is 0 Å². The minimum absolute atomic E-state index is 0. The second-order valence-electron chi connectivity index (χ2n) is 11.8. The molecule has 1 fully saturated rings. The molecular formula is C33H47BN6O5. The van der Waals surface area contributed by atoms with Crippen LogP contribution in [-0.2, 0) is 20.8 Å². The van der Waals surface area contributed by atoms with Gasteiger partial charge in [0.1, 0.15) is 17.8 Å². The molecule has 0 radical (unpaired) electrons. The van der Waals surface area contributed by atoms with Crippen LogP contribution in [0, 0.1) is 0 Å². The lowest BCUT2D eigenvalue weighted by atomic mass is 9.83. The predicted molar refractivity (Wildman–Crippen MR) is 177 cm³/mol. The number of hydrogen-bond donors (Lipinski definition) is 4. The van der Waals surface area contributed by atoms with E-state index >= 15 is 0 Å². The average molecular weight is 619 g/mol. The Bertz CT molecular complexity index is 1390. The first-order chi connectivity index (χ1) is 21.1. The average Bonchev–Trinajstić information content (AvgIpc) is 3.70. The van der Waals surface area contributed by atoms with Crippen molar-refractivity contribution < 1.29 is 24.1 Å². The summed E-state index contributed by atoms with van der Waals surface area (Å²) in [6.45, 7) is 6.23. The fraction of sp³-hybridized carbons (Fsp3) is 0.455. The smallest absolute Gasteiger partial charge is 0.374 e. The van der Waals surface area contributed by atoms with E-state index in [1.807, 2.05) is 59.5 Å². The minimum atomic E-state index is -1.12. The number of nitrogens with one attached hydrogen (secondary N) is 3. The number of imidazole rings is 1. The number of aromatic nitrogens is 2. The molecule has 2 aromatic carbocycles. The third kappa shape index (κ3) is 9.66. The Balaban J connectivity index is 0.00000552. The van der Waals surface area contributed by atoms with Gasteiger partial charge in [0.2, 0.25) is 17.7 Å². The van der Waals surface area contributed by atoms with Gasteiger partial charge >= 0.3 is 7.05 Å². The molecule has 1 aromatic heterocycles. The quantitative estimate of drug-likeness (QED) is 0.202. The molecule has 1 aliphatic heterocycles. The van der Waals surface area contributed by atoms with Crippen molar-refractivity contribution in [3.63, 3.8) is 0 Å². The van der Waals surface area contributed by atoms with Crippen molar-refractivity contribution in [3.05, 3.63) is 78.2 Å². The fourth-order valence-electron chi connectivity index (χ4n) is 5.44. The molecule has 11 nitrogen and oxygen atoms in total. The first-order valence-corrected chi connectivity index (χ1v) is 15.1. The number of nitrogens with zero attached hydrogens (tertiary/aromatic N) is 3. The van der Waals surface area contributed by atoms with Crippen LogP contribution in [0.5, 0.6) is 5.75 Å². The lowest BCUT2D eigenvalue weighted by Crippen LogP contribution is -2.60. The molecule has 3 amide bonds. The van der Waals surface area contributed by atoms with Gasteiger partial charge in [-0.1, -0.05) is 49.9 Å². The molecule has 0 spiro atoms. The highest BCUT2D eigenvalue weighted by molar-refractivity contribution is 6.46. The van der Waals surface area contributed by atoms with Crippen molar-refractivity contribution in [1.82, 2.24) is 25.0 Å². The fourth-order valence-corrected chi connectivity index (χ4v) is 5.44. The van der Waals surface area contributed by atoms with Crippen LogP contribution in [-0.4, -0.2) is 76.0 Å². The first-order valence-electron chi connectivity index (χ1n) is 15.1. The second kappa shape index (κ2) is 16.2. The summed E-state index contributed by atoms with van der Waals surface area (Å²) in [5.74, 6) is 0.0797. The standard InChI is InChI=1S/C32H43BN6O5.CH4/c1-32(2,37-33(3)43)31(42)35-26(14-10-13-23-11-6-5-7-12-23)29(40)36-27-21-39(22-34-27)28(30(41)38-19-8-9-20-38)24-15-17-25(44-4)18-16-24;/h5-7,11-12,15-18,21-22,26,28,37,43H,8-10,13-14,19-20H2,1-4H3,(H,35,42)(H,36,40);1H4. The summed E-state index contributed by atoms with van der Waals surface area (Å²) in [5.41, 5.74) is 0.798. The largest absolute Gasteiger partial charge is 0.497 e. The monoisotopic (exact) mass is 618 g/mol. The Hall–Kier alpha value is -4.16. The minimum Gasteiger partial charge on any atom is -0.497 e. The third-order valence-corrected chi connectivity index (χ3v) is 7.79. The summed E-state index contributed by atoms with van der Waals surface area (Å²) in [7, 11) is 0.682. The Morgan fingerprint density at radius 1 is 1.07 bits per heavy atom. The normalized spacial score (nSPS) is 14.2. The number of ether oxygens (including phenoxy) is 1. The van der Waals surface area contributed by atoms with Crippen LogP contribution in [0.3, 0.4) is 0 Å². The van der Waals surface area contributed by atoms with Crippen LogP contribution < -0.4 is 20.6 Å². The van der Waals surface area contributed by atoms with Gasteiger partial charge in [-0.3, -0.25) is 14.4 Å². The van der Waals surface area contributed by atoms with E-state index in [9.17, 15) is 19.4 Å². The molecule has 242 valence electrons. The summed E-state index contributed by atoms with van der Waals surface area (Å²) in [6, 6.07) is 15.8. The van der Waals surface area contributed by atoms with Gasteiger partial charge < -0.3 is 35.1 Å². The second-order valence-corrected chi connectivity index (χ2v) is 11.8.